The maximum atomic E-state index is 12.5. The van der Waals surface area contributed by atoms with Crippen LogP contribution in [-0.2, 0) is 19.6 Å². The number of thiazole rings is 1. The maximum absolute atomic E-state index is 12.5. The molecule has 2 rings (SSSR count). The molecule has 0 unspecified atom stereocenters. The van der Waals surface area contributed by atoms with E-state index < -0.39 is 28.4 Å². The number of amides is 1. The number of hydrogen-bond acceptors (Lipinski definition) is 7. The maximum Gasteiger partial charge on any atom is 0.350 e. The number of nitrogens with zero attached hydrogens (tertiary/aromatic N) is 2. The number of halogens is 1. The Morgan fingerprint density at radius 3 is 2.52 bits per heavy atom. The van der Waals surface area contributed by atoms with Crippen molar-refractivity contribution in [1.29, 1.82) is 0 Å². The summed E-state index contributed by atoms with van der Waals surface area (Å²) < 4.78 is 30.8. The number of sulfonamides is 1. The third kappa shape index (κ3) is 5.25. The molecule has 0 aliphatic heterocycles. The number of ether oxygens (including phenoxy) is 1. The first-order chi connectivity index (χ1) is 12.6. The summed E-state index contributed by atoms with van der Waals surface area (Å²) in [6, 6.07) is 5.64. The van der Waals surface area contributed by atoms with Crippen molar-refractivity contribution < 1.29 is 22.7 Å². The van der Waals surface area contributed by atoms with Crippen molar-refractivity contribution in [2.75, 3.05) is 25.5 Å². The molecule has 0 aliphatic carbocycles. The summed E-state index contributed by atoms with van der Waals surface area (Å²) in [5.74, 6) is -1.10. The Morgan fingerprint density at radius 1 is 1.30 bits per heavy atom. The fraction of sp³-hybridized carbons (Fsp3) is 0.312. The molecule has 0 radical (unpaired) electrons. The van der Waals surface area contributed by atoms with Crippen LogP contribution in [0.3, 0.4) is 0 Å². The molecule has 0 saturated carbocycles. The molecule has 0 bridgehead atoms. The molecular weight excluding hydrogens is 414 g/mol. The first kappa shape index (κ1) is 21.3. The number of hydrogen-bond donors (Lipinski definition) is 1. The van der Waals surface area contributed by atoms with Gasteiger partial charge in [-0.2, -0.15) is 4.31 Å². The van der Waals surface area contributed by atoms with E-state index in [2.05, 4.69) is 10.3 Å². The van der Waals surface area contributed by atoms with Crippen LogP contribution < -0.4 is 5.32 Å². The van der Waals surface area contributed by atoms with E-state index in [0.717, 1.165) is 15.6 Å². The van der Waals surface area contributed by atoms with Crippen molar-refractivity contribution in [3.63, 3.8) is 0 Å². The Morgan fingerprint density at radius 2 is 1.93 bits per heavy atom. The van der Waals surface area contributed by atoms with Crippen molar-refractivity contribution in [1.82, 2.24) is 9.29 Å². The van der Waals surface area contributed by atoms with E-state index in [0.29, 0.717) is 10.7 Å². The van der Waals surface area contributed by atoms with Gasteiger partial charge in [0.15, 0.2) is 5.13 Å². The van der Waals surface area contributed by atoms with Crippen molar-refractivity contribution in [3.8, 4) is 0 Å². The molecule has 11 heteroatoms. The van der Waals surface area contributed by atoms with Crippen LogP contribution in [-0.4, -0.2) is 49.8 Å². The molecule has 1 amide bonds. The number of esters is 1. The molecule has 0 atom stereocenters. The van der Waals surface area contributed by atoms with Gasteiger partial charge in [0.1, 0.15) is 4.88 Å². The van der Waals surface area contributed by atoms with Gasteiger partial charge in [0, 0.05) is 12.1 Å². The molecule has 1 heterocycles. The highest BCUT2D eigenvalue weighted by Crippen LogP contribution is 2.23. The molecule has 8 nitrogen and oxygen atoms in total. The zero-order valence-corrected chi connectivity index (χ0v) is 17.2. The lowest BCUT2D eigenvalue weighted by Crippen LogP contribution is -2.34. The van der Waals surface area contributed by atoms with E-state index in [-0.39, 0.29) is 21.5 Å². The molecule has 1 aromatic carbocycles. The number of likely N-dealkylation sites (N-methyl/N-ethyl adjacent to an activating group) is 1. The molecular formula is C16H18ClN3O5S2. The van der Waals surface area contributed by atoms with Gasteiger partial charge < -0.3 is 10.1 Å². The van der Waals surface area contributed by atoms with Crippen molar-refractivity contribution in [2.24, 2.45) is 0 Å². The Kier molecular flexibility index (Phi) is 6.93. The lowest BCUT2D eigenvalue weighted by atomic mass is 10.4. The zero-order chi connectivity index (χ0) is 20.2. The van der Waals surface area contributed by atoms with Gasteiger partial charge in [0.25, 0.3) is 0 Å². The molecule has 1 N–H and O–H groups in total. The van der Waals surface area contributed by atoms with E-state index in [4.69, 9.17) is 16.3 Å². The van der Waals surface area contributed by atoms with Gasteiger partial charge in [-0.05, 0) is 38.1 Å². The third-order valence-electron chi connectivity index (χ3n) is 3.39. The minimum atomic E-state index is -3.84. The molecule has 0 spiro atoms. The molecule has 2 aromatic rings. The molecule has 0 saturated heterocycles. The van der Waals surface area contributed by atoms with E-state index in [1.165, 1.54) is 31.3 Å². The quantitative estimate of drug-likeness (QED) is 0.675. The fourth-order valence-electron chi connectivity index (χ4n) is 2.07. The van der Waals surface area contributed by atoms with Crippen LogP contribution >= 0.6 is 22.9 Å². The standard InChI is InChI=1S/C16H18ClN3O5S2/c1-4-25-15(22)14-10(2)18-16(26-14)19-13(21)9-20(3)27(23,24)12-7-5-11(17)6-8-12/h5-8H,4,9H2,1-3H3,(H,18,19,21). The van der Waals surface area contributed by atoms with Crippen LogP contribution in [0.2, 0.25) is 5.02 Å². The molecule has 0 fully saturated rings. The number of carbonyl (C=O) groups excluding carboxylic acids is 2. The summed E-state index contributed by atoms with van der Waals surface area (Å²) in [6.07, 6.45) is 0. The monoisotopic (exact) mass is 431 g/mol. The number of aromatic nitrogens is 1. The predicted octanol–water partition coefficient (Wildman–Crippen LogP) is 2.54. The van der Waals surface area contributed by atoms with Crippen LogP contribution in [0.5, 0.6) is 0 Å². The molecule has 1 aromatic heterocycles. The topological polar surface area (TPSA) is 106 Å². The minimum Gasteiger partial charge on any atom is -0.462 e. The Hall–Kier alpha value is -2.01. The summed E-state index contributed by atoms with van der Waals surface area (Å²) in [6.45, 7) is 3.12. The average molecular weight is 432 g/mol. The van der Waals surface area contributed by atoms with Gasteiger partial charge in [-0.3, -0.25) is 4.79 Å². The van der Waals surface area contributed by atoms with E-state index in [1.807, 2.05) is 0 Å². The summed E-state index contributed by atoms with van der Waals surface area (Å²) in [7, 11) is -2.55. The predicted molar refractivity (Wildman–Crippen MR) is 103 cm³/mol. The largest absolute Gasteiger partial charge is 0.462 e. The highest BCUT2D eigenvalue weighted by molar-refractivity contribution is 7.89. The minimum absolute atomic E-state index is 0.0249. The van der Waals surface area contributed by atoms with Crippen LogP contribution in [0, 0.1) is 6.92 Å². The van der Waals surface area contributed by atoms with Crippen molar-refractivity contribution >= 4 is 50.0 Å². The van der Waals surface area contributed by atoms with Crippen LogP contribution in [0.15, 0.2) is 29.2 Å². The first-order valence-electron chi connectivity index (χ1n) is 7.81. The molecule has 146 valence electrons. The van der Waals surface area contributed by atoms with Crippen LogP contribution in [0.1, 0.15) is 22.3 Å². The van der Waals surface area contributed by atoms with E-state index >= 15 is 0 Å². The van der Waals surface area contributed by atoms with E-state index in [1.54, 1.807) is 13.8 Å². The smallest absolute Gasteiger partial charge is 0.350 e. The van der Waals surface area contributed by atoms with Gasteiger partial charge in [0.05, 0.1) is 23.7 Å². The number of carbonyl (C=O) groups is 2. The lowest BCUT2D eigenvalue weighted by molar-refractivity contribution is -0.116. The summed E-state index contributed by atoms with van der Waals surface area (Å²) >= 11 is 6.73. The van der Waals surface area contributed by atoms with E-state index in [9.17, 15) is 18.0 Å². The van der Waals surface area contributed by atoms with Crippen LogP contribution in [0.25, 0.3) is 0 Å². The SMILES string of the molecule is CCOC(=O)c1sc(NC(=O)CN(C)S(=O)(=O)c2ccc(Cl)cc2)nc1C. The van der Waals surface area contributed by atoms with Gasteiger partial charge in [0.2, 0.25) is 15.9 Å². The zero-order valence-electron chi connectivity index (χ0n) is 14.9. The van der Waals surface area contributed by atoms with Crippen molar-refractivity contribution in [2.45, 2.75) is 18.7 Å². The second kappa shape index (κ2) is 8.79. The van der Waals surface area contributed by atoms with Gasteiger partial charge in [-0.15, -0.1) is 0 Å². The summed E-state index contributed by atoms with van der Waals surface area (Å²) in [4.78, 5) is 28.4. The summed E-state index contributed by atoms with van der Waals surface area (Å²) in [5.41, 5.74) is 0.427. The average Bonchev–Trinajstić information content (AvgIpc) is 2.95. The number of aryl methyl sites for hydroxylation is 1. The first-order valence-corrected chi connectivity index (χ1v) is 10.4. The Balaban J connectivity index is 2.06. The highest BCUT2D eigenvalue weighted by Gasteiger charge is 2.24. The van der Waals surface area contributed by atoms with Gasteiger partial charge in [-0.25, -0.2) is 18.2 Å². The fourth-order valence-corrected chi connectivity index (χ4v) is 4.20. The highest BCUT2D eigenvalue weighted by atomic mass is 35.5. The Bertz CT molecular complexity index is 941. The van der Waals surface area contributed by atoms with Crippen molar-refractivity contribution in [3.05, 3.63) is 39.9 Å². The molecule has 27 heavy (non-hydrogen) atoms. The van der Waals surface area contributed by atoms with Crippen LogP contribution in [0.4, 0.5) is 5.13 Å². The second-order valence-electron chi connectivity index (χ2n) is 5.42. The second-order valence-corrected chi connectivity index (χ2v) is 8.90. The number of benzene rings is 1. The number of nitrogens with one attached hydrogen (secondary N) is 1. The number of rotatable bonds is 7. The summed E-state index contributed by atoms with van der Waals surface area (Å²) in [5, 5.41) is 3.10. The lowest BCUT2D eigenvalue weighted by Gasteiger charge is -2.16. The van der Waals surface area contributed by atoms with Gasteiger partial charge in [-0.1, -0.05) is 22.9 Å². The molecule has 0 aliphatic rings. The third-order valence-corrected chi connectivity index (χ3v) is 6.51. The van der Waals surface area contributed by atoms with Gasteiger partial charge >= 0.3 is 5.97 Å². The Labute approximate surface area is 166 Å². The normalized spacial score (nSPS) is 11.4. The number of anilines is 1.